The van der Waals surface area contributed by atoms with E-state index < -0.39 is 0 Å². The Morgan fingerprint density at radius 2 is 2.25 bits per heavy atom. The standard InChI is InChI=1S/C12H20N2OS/c1-9(10-6-5-7-16-10)14-8-12(2,3)11(15)13-4/h5-7,9,14H,8H2,1-4H3,(H,13,15). The van der Waals surface area contributed by atoms with Gasteiger partial charge in [0, 0.05) is 24.5 Å². The van der Waals surface area contributed by atoms with Crippen LogP contribution in [0.5, 0.6) is 0 Å². The maximum Gasteiger partial charge on any atom is 0.226 e. The lowest BCUT2D eigenvalue weighted by molar-refractivity contribution is -0.128. The van der Waals surface area contributed by atoms with Gasteiger partial charge in [-0.2, -0.15) is 0 Å². The lowest BCUT2D eigenvalue weighted by atomic mass is 9.92. The molecule has 0 aliphatic carbocycles. The Labute approximate surface area is 101 Å². The van der Waals surface area contributed by atoms with Crippen molar-refractivity contribution >= 4 is 17.2 Å². The van der Waals surface area contributed by atoms with Crippen molar-refractivity contribution in [3.8, 4) is 0 Å². The smallest absolute Gasteiger partial charge is 0.226 e. The van der Waals surface area contributed by atoms with Gasteiger partial charge in [-0.15, -0.1) is 11.3 Å². The second-order valence-electron chi connectivity index (χ2n) is 4.58. The summed E-state index contributed by atoms with van der Waals surface area (Å²) in [6.07, 6.45) is 0. The van der Waals surface area contributed by atoms with Gasteiger partial charge in [0.05, 0.1) is 5.41 Å². The Morgan fingerprint density at radius 3 is 2.75 bits per heavy atom. The van der Waals surface area contributed by atoms with Crippen molar-refractivity contribution in [1.82, 2.24) is 10.6 Å². The second kappa shape index (κ2) is 5.46. The minimum absolute atomic E-state index is 0.0679. The van der Waals surface area contributed by atoms with E-state index in [0.717, 1.165) is 0 Å². The van der Waals surface area contributed by atoms with Crippen LogP contribution in [-0.4, -0.2) is 19.5 Å². The van der Waals surface area contributed by atoms with E-state index >= 15 is 0 Å². The SMILES string of the molecule is CNC(=O)C(C)(C)CNC(C)c1cccs1. The molecule has 1 aromatic heterocycles. The van der Waals surface area contributed by atoms with E-state index in [0.29, 0.717) is 12.6 Å². The Kier molecular flexibility index (Phi) is 4.50. The first-order chi connectivity index (χ1) is 7.47. The summed E-state index contributed by atoms with van der Waals surface area (Å²) in [6, 6.07) is 4.45. The van der Waals surface area contributed by atoms with Crippen LogP contribution in [0.2, 0.25) is 0 Å². The van der Waals surface area contributed by atoms with Crippen LogP contribution in [0.15, 0.2) is 17.5 Å². The van der Waals surface area contributed by atoms with Gasteiger partial charge in [-0.25, -0.2) is 0 Å². The molecule has 1 atom stereocenters. The fraction of sp³-hybridized carbons (Fsp3) is 0.583. The second-order valence-corrected chi connectivity index (χ2v) is 5.56. The molecule has 16 heavy (non-hydrogen) atoms. The average Bonchev–Trinajstić information content (AvgIpc) is 2.78. The molecule has 3 nitrogen and oxygen atoms in total. The molecule has 1 unspecified atom stereocenters. The van der Waals surface area contributed by atoms with Gasteiger partial charge in [0.2, 0.25) is 5.91 Å². The van der Waals surface area contributed by atoms with Gasteiger partial charge in [-0.1, -0.05) is 6.07 Å². The third-order valence-electron chi connectivity index (χ3n) is 2.66. The first kappa shape index (κ1) is 13.2. The Balaban J connectivity index is 2.48. The molecule has 1 amide bonds. The van der Waals surface area contributed by atoms with Crippen LogP contribution in [0.4, 0.5) is 0 Å². The molecule has 0 saturated carbocycles. The zero-order valence-electron chi connectivity index (χ0n) is 10.3. The number of carbonyl (C=O) groups is 1. The summed E-state index contributed by atoms with van der Waals surface area (Å²) in [5.74, 6) is 0.0679. The number of nitrogens with one attached hydrogen (secondary N) is 2. The van der Waals surface area contributed by atoms with Crippen LogP contribution >= 0.6 is 11.3 Å². The largest absolute Gasteiger partial charge is 0.359 e. The minimum atomic E-state index is -0.375. The molecule has 0 aliphatic heterocycles. The number of amides is 1. The highest BCUT2D eigenvalue weighted by Crippen LogP contribution is 2.20. The van der Waals surface area contributed by atoms with Crippen LogP contribution in [0, 0.1) is 5.41 Å². The molecule has 1 aromatic rings. The zero-order chi connectivity index (χ0) is 12.2. The van der Waals surface area contributed by atoms with Crippen molar-refractivity contribution in [3.05, 3.63) is 22.4 Å². The molecule has 1 heterocycles. The summed E-state index contributed by atoms with van der Waals surface area (Å²) >= 11 is 1.73. The fourth-order valence-electron chi connectivity index (χ4n) is 1.47. The molecule has 0 saturated heterocycles. The van der Waals surface area contributed by atoms with Crippen LogP contribution < -0.4 is 10.6 Å². The van der Waals surface area contributed by atoms with Gasteiger partial charge in [-0.05, 0) is 32.2 Å². The molecule has 0 spiro atoms. The number of carbonyl (C=O) groups excluding carboxylic acids is 1. The molecular weight excluding hydrogens is 220 g/mol. The Bertz CT molecular complexity index is 333. The van der Waals surface area contributed by atoms with E-state index in [-0.39, 0.29) is 11.3 Å². The van der Waals surface area contributed by atoms with Crippen molar-refractivity contribution < 1.29 is 4.79 Å². The van der Waals surface area contributed by atoms with Gasteiger partial charge < -0.3 is 10.6 Å². The lowest BCUT2D eigenvalue weighted by Crippen LogP contribution is -2.42. The summed E-state index contributed by atoms with van der Waals surface area (Å²) < 4.78 is 0. The molecule has 2 N–H and O–H groups in total. The van der Waals surface area contributed by atoms with Crippen molar-refractivity contribution in [2.75, 3.05) is 13.6 Å². The number of rotatable bonds is 5. The normalized spacial score (nSPS) is 13.5. The quantitative estimate of drug-likeness (QED) is 0.828. The molecule has 1 rings (SSSR count). The van der Waals surface area contributed by atoms with Crippen molar-refractivity contribution in [2.45, 2.75) is 26.8 Å². The van der Waals surface area contributed by atoms with Gasteiger partial charge in [0.25, 0.3) is 0 Å². The topological polar surface area (TPSA) is 41.1 Å². The van der Waals surface area contributed by atoms with Crippen molar-refractivity contribution in [2.24, 2.45) is 5.41 Å². The maximum atomic E-state index is 11.6. The van der Waals surface area contributed by atoms with E-state index in [1.165, 1.54) is 4.88 Å². The van der Waals surface area contributed by atoms with Crippen molar-refractivity contribution in [1.29, 1.82) is 0 Å². The molecule has 0 aromatic carbocycles. The van der Waals surface area contributed by atoms with Crippen molar-refractivity contribution in [3.63, 3.8) is 0 Å². The van der Waals surface area contributed by atoms with Crippen LogP contribution in [-0.2, 0) is 4.79 Å². The van der Waals surface area contributed by atoms with Gasteiger partial charge in [-0.3, -0.25) is 4.79 Å². The monoisotopic (exact) mass is 240 g/mol. The number of hydrogen-bond acceptors (Lipinski definition) is 3. The Hall–Kier alpha value is -0.870. The highest BCUT2D eigenvalue weighted by atomic mass is 32.1. The summed E-state index contributed by atoms with van der Waals surface area (Å²) in [5.41, 5.74) is -0.375. The fourth-order valence-corrected chi connectivity index (χ4v) is 2.22. The first-order valence-corrected chi connectivity index (χ1v) is 6.34. The number of thiophene rings is 1. The van der Waals surface area contributed by atoms with Gasteiger partial charge in [0.1, 0.15) is 0 Å². The maximum absolute atomic E-state index is 11.6. The summed E-state index contributed by atoms with van der Waals surface area (Å²) in [5, 5.41) is 8.14. The third kappa shape index (κ3) is 3.32. The molecule has 4 heteroatoms. The minimum Gasteiger partial charge on any atom is -0.359 e. The van der Waals surface area contributed by atoms with Crippen LogP contribution in [0.3, 0.4) is 0 Å². The molecule has 0 aliphatic rings. The lowest BCUT2D eigenvalue weighted by Gasteiger charge is -2.25. The first-order valence-electron chi connectivity index (χ1n) is 5.46. The summed E-state index contributed by atoms with van der Waals surface area (Å²) in [6.45, 7) is 6.68. The zero-order valence-corrected chi connectivity index (χ0v) is 11.1. The molecule has 0 bridgehead atoms. The predicted octanol–water partition coefficient (Wildman–Crippen LogP) is 2.17. The summed E-state index contributed by atoms with van der Waals surface area (Å²) in [4.78, 5) is 12.9. The van der Waals surface area contributed by atoms with Crippen LogP contribution in [0.1, 0.15) is 31.7 Å². The van der Waals surface area contributed by atoms with E-state index in [1.54, 1.807) is 18.4 Å². The Morgan fingerprint density at radius 1 is 1.56 bits per heavy atom. The molecule has 90 valence electrons. The van der Waals surface area contributed by atoms with E-state index in [9.17, 15) is 4.79 Å². The predicted molar refractivity (Wildman–Crippen MR) is 68.6 cm³/mol. The third-order valence-corrected chi connectivity index (χ3v) is 3.72. The molecular formula is C12H20N2OS. The highest BCUT2D eigenvalue weighted by molar-refractivity contribution is 7.10. The highest BCUT2D eigenvalue weighted by Gasteiger charge is 2.26. The van der Waals surface area contributed by atoms with E-state index in [2.05, 4.69) is 29.0 Å². The molecule has 0 radical (unpaired) electrons. The van der Waals surface area contributed by atoms with E-state index in [1.807, 2.05) is 19.9 Å². The average molecular weight is 240 g/mol. The van der Waals surface area contributed by atoms with Gasteiger partial charge in [0.15, 0.2) is 0 Å². The van der Waals surface area contributed by atoms with Crippen LogP contribution in [0.25, 0.3) is 0 Å². The number of hydrogen-bond donors (Lipinski definition) is 2. The van der Waals surface area contributed by atoms with Gasteiger partial charge >= 0.3 is 0 Å². The molecule has 0 fully saturated rings. The van der Waals surface area contributed by atoms with E-state index in [4.69, 9.17) is 0 Å². The summed E-state index contributed by atoms with van der Waals surface area (Å²) in [7, 11) is 1.67.